The summed E-state index contributed by atoms with van der Waals surface area (Å²) in [6.45, 7) is 2.04. The first-order chi connectivity index (χ1) is 9.43. The third-order valence-corrected chi connectivity index (χ3v) is 4.25. The second kappa shape index (κ2) is 6.20. The zero-order valence-electron chi connectivity index (χ0n) is 11.5. The minimum atomic E-state index is 0.915. The number of fused-ring (bicyclic) bond motifs is 1. The number of hydrogen-bond donors (Lipinski definition) is 1. The minimum Gasteiger partial charge on any atom is -0.311 e. The van der Waals surface area contributed by atoms with Crippen LogP contribution in [0.4, 0.5) is 0 Å². The summed E-state index contributed by atoms with van der Waals surface area (Å²) in [5.41, 5.74) is 2.28. The van der Waals surface area contributed by atoms with Crippen molar-refractivity contribution in [2.45, 2.75) is 45.1 Å². The Balaban J connectivity index is 1.47. The van der Waals surface area contributed by atoms with E-state index in [4.69, 9.17) is 0 Å². The molecule has 0 unspecified atom stereocenters. The smallest absolute Gasteiger partial charge is 0.136 e. The molecule has 3 rings (SSSR count). The summed E-state index contributed by atoms with van der Waals surface area (Å²) in [4.78, 5) is 4.41. The molecule has 0 atom stereocenters. The van der Waals surface area contributed by atoms with Gasteiger partial charge in [0.05, 0.1) is 11.9 Å². The number of aromatic nitrogens is 2. The van der Waals surface area contributed by atoms with E-state index in [2.05, 4.69) is 27.0 Å². The van der Waals surface area contributed by atoms with E-state index in [-0.39, 0.29) is 0 Å². The van der Waals surface area contributed by atoms with Gasteiger partial charge in [-0.3, -0.25) is 0 Å². The molecule has 3 nitrogen and oxygen atoms in total. The summed E-state index contributed by atoms with van der Waals surface area (Å²) in [5.74, 6) is 0.962. The number of nitrogens with zero attached hydrogens (tertiary/aromatic N) is 2. The van der Waals surface area contributed by atoms with E-state index < -0.39 is 0 Å². The van der Waals surface area contributed by atoms with Crippen LogP contribution in [0.5, 0.6) is 0 Å². The Kier molecular flexibility index (Phi) is 4.13. The van der Waals surface area contributed by atoms with Gasteiger partial charge in [0.15, 0.2) is 0 Å². The normalized spacial score (nSPS) is 17.1. The molecule has 0 aromatic carbocycles. The average molecular weight is 257 g/mol. The number of imidazole rings is 1. The molecule has 0 saturated heterocycles. The van der Waals surface area contributed by atoms with E-state index in [9.17, 15) is 0 Å². The number of nitrogens with one attached hydrogen (secondary N) is 1. The molecule has 1 aliphatic carbocycles. The monoisotopic (exact) mass is 257 g/mol. The Bertz CT molecular complexity index is 511. The van der Waals surface area contributed by atoms with Crippen molar-refractivity contribution in [1.82, 2.24) is 14.7 Å². The predicted octanol–water partition coefficient (Wildman–Crippen LogP) is 3.39. The van der Waals surface area contributed by atoms with E-state index in [1.54, 1.807) is 0 Å². The molecule has 1 saturated carbocycles. The fraction of sp³-hybridized carbons (Fsp3) is 0.562. The van der Waals surface area contributed by atoms with Crippen LogP contribution in [0.25, 0.3) is 5.65 Å². The minimum absolute atomic E-state index is 0.915. The van der Waals surface area contributed by atoms with E-state index in [0.29, 0.717) is 0 Å². The van der Waals surface area contributed by atoms with Gasteiger partial charge >= 0.3 is 0 Å². The highest BCUT2D eigenvalue weighted by molar-refractivity contribution is 5.39. The van der Waals surface area contributed by atoms with Crippen LogP contribution in [0, 0.1) is 5.92 Å². The maximum Gasteiger partial charge on any atom is 0.136 e. The topological polar surface area (TPSA) is 29.3 Å². The SMILES string of the molecule is c1ccn2c(CNCCC3CCCCC3)cnc2c1. The first-order valence-corrected chi connectivity index (χ1v) is 7.55. The van der Waals surface area contributed by atoms with Crippen molar-refractivity contribution in [3.8, 4) is 0 Å². The summed E-state index contributed by atoms with van der Waals surface area (Å²) in [5, 5.41) is 3.57. The van der Waals surface area contributed by atoms with Crippen molar-refractivity contribution >= 4 is 5.65 Å². The van der Waals surface area contributed by atoms with Crippen molar-refractivity contribution in [3.05, 3.63) is 36.3 Å². The Hall–Kier alpha value is -1.35. The Labute approximate surface area is 115 Å². The van der Waals surface area contributed by atoms with E-state index in [1.807, 2.05) is 18.3 Å². The quantitative estimate of drug-likeness (QED) is 0.832. The lowest BCUT2D eigenvalue weighted by molar-refractivity contribution is 0.333. The second-order valence-electron chi connectivity index (χ2n) is 5.65. The van der Waals surface area contributed by atoms with Gasteiger partial charge in [-0.15, -0.1) is 0 Å². The molecule has 0 aliphatic heterocycles. The summed E-state index contributed by atoms with van der Waals surface area (Å²) in [6, 6.07) is 6.13. The van der Waals surface area contributed by atoms with E-state index in [0.717, 1.165) is 24.7 Å². The van der Waals surface area contributed by atoms with Crippen LogP contribution >= 0.6 is 0 Å². The van der Waals surface area contributed by atoms with Crippen molar-refractivity contribution in [2.75, 3.05) is 6.54 Å². The molecule has 2 aromatic heterocycles. The molecule has 1 aliphatic rings. The Morgan fingerprint density at radius 1 is 1.21 bits per heavy atom. The Morgan fingerprint density at radius 3 is 3.00 bits per heavy atom. The van der Waals surface area contributed by atoms with Crippen LogP contribution < -0.4 is 5.32 Å². The molecular weight excluding hydrogens is 234 g/mol. The lowest BCUT2D eigenvalue weighted by Crippen LogP contribution is -2.19. The third kappa shape index (κ3) is 3.16. The van der Waals surface area contributed by atoms with Crippen LogP contribution in [0.1, 0.15) is 44.2 Å². The first-order valence-electron chi connectivity index (χ1n) is 7.55. The van der Waals surface area contributed by atoms with Crippen LogP contribution in [-0.4, -0.2) is 15.9 Å². The van der Waals surface area contributed by atoms with Gasteiger partial charge in [0.1, 0.15) is 5.65 Å². The van der Waals surface area contributed by atoms with Gasteiger partial charge in [-0.1, -0.05) is 38.2 Å². The van der Waals surface area contributed by atoms with Gasteiger partial charge in [-0.05, 0) is 31.0 Å². The van der Waals surface area contributed by atoms with Crippen LogP contribution in [0.15, 0.2) is 30.6 Å². The fourth-order valence-corrected chi connectivity index (χ4v) is 3.11. The van der Waals surface area contributed by atoms with Gasteiger partial charge < -0.3 is 9.72 Å². The maximum atomic E-state index is 4.41. The third-order valence-electron chi connectivity index (χ3n) is 4.25. The molecule has 3 heteroatoms. The molecule has 2 heterocycles. The van der Waals surface area contributed by atoms with E-state index in [1.165, 1.54) is 44.2 Å². The van der Waals surface area contributed by atoms with Gasteiger partial charge in [0.25, 0.3) is 0 Å². The molecule has 1 N–H and O–H groups in total. The van der Waals surface area contributed by atoms with Crippen molar-refractivity contribution in [3.63, 3.8) is 0 Å². The summed E-state index contributed by atoms with van der Waals surface area (Å²) in [7, 11) is 0. The van der Waals surface area contributed by atoms with Crippen LogP contribution in [0.2, 0.25) is 0 Å². The summed E-state index contributed by atoms with van der Waals surface area (Å²) >= 11 is 0. The average Bonchev–Trinajstić information content (AvgIpc) is 2.88. The number of rotatable bonds is 5. The summed E-state index contributed by atoms with van der Waals surface area (Å²) < 4.78 is 2.16. The molecule has 19 heavy (non-hydrogen) atoms. The fourth-order valence-electron chi connectivity index (χ4n) is 3.11. The second-order valence-corrected chi connectivity index (χ2v) is 5.65. The van der Waals surface area contributed by atoms with Gasteiger partial charge in [-0.2, -0.15) is 0 Å². The summed E-state index contributed by atoms with van der Waals surface area (Å²) in [6.07, 6.45) is 12.6. The molecule has 2 aromatic rings. The van der Waals surface area contributed by atoms with Crippen LogP contribution in [-0.2, 0) is 6.54 Å². The highest BCUT2D eigenvalue weighted by atomic mass is 15.0. The lowest BCUT2D eigenvalue weighted by atomic mass is 9.87. The standard InChI is InChI=1S/C16H23N3/c1-2-6-14(7-3-1)9-10-17-12-15-13-18-16-8-4-5-11-19(15)16/h4-5,8,11,13-14,17H,1-3,6-7,9-10,12H2. The molecule has 102 valence electrons. The van der Waals surface area contributed by atoms with Gasteiger partial charge in [0, 0.05) is 12.7 Å². The maximum absolute atomic E-state index is 4.41. The molecule has 0 bridgehead atoms. The highest BCUT2D eigenvalue weighted by Crippen LogP contribution is 2.25. The Morgan fingerprint density at radius 2 is 2.11 bits per heavy atom. The first kappa shape index (κ1) is 12.7. The molecule has 0 radical (unpaired) electrons. The van der Waals surface area contributed by atoms with Crippen molar-refractivity contribution in [1.29, 1.82) is 0 Å². The van der Waals surface area contributed by atoms with Gasteiger partial charge in [-0.25, -0.2) is 4.98 Å². The molecular formula is C16H23N3. The largest absolute Gasteiger partial charge is 0.311 e. The molecule has 1 fully saturated rings. The van der Waals surface area contributed by atoms with Gasteiger partial charge in [0.2, 0.25) is 0 Å². The number of pyridine rings is 1. The lowest BCUT2D eigenvalue weighted by Gasteiger charge is -2.21. The number of hydrogen-bond acceptors (Lipinski definition) is 2. The van der Waals surface area contributed by atoms with Crippen molar-refractivity contribution in [2.24, 2.45) is 5.92 Å². The van der Waals surface area contributed by atoms with Crippen LogP contribution in [0.3, 0.4) is 0 Å². The zero-order valence-corrected chi connectivity index (χ0v) is 11.5. The molecule has 0 amide bonds. The van der Waals surface area contributed by atoms with Crippen molar-refractivity contribution < 1.29 is 0 Å². The molecule has 0 spiro atoms. The highest BCUT2D eigenvalue weighted by Gasteiger charge is 2.12. The predicted molar refractivity (Wildman–Crippen MR) is 78.1 cm³/mol. The zero-order chi connectivity index (χ0) is 12.9. The van der Waals surface area contributed by atoms with E-state index >= 15 is 0 Å².